The molecule has 0 radical (unpaired) electrons. The smallest absolute Gasteiger partial charge is 0.306 e. The van der Waals surface area contributed by atoms with E-state index in [0.717, 1.165) is 41.1 Å². The van der Waals surface area contributed by atoms with Crippen molar-refractivity contribution in [3.8, 4) is 5.75 Å². The molecule has 39 heavy (non-hydrogen) atoms. The second-order valence-electron chi connectivity index (χ2n) is 10.9. The predicted molar refractivity (Wildman–Crippen MR) is 148 cm³/mol. The van der Waals surface area contributed by atoms with Gasteiger partial charge in [0.25, 0.3) is 0 Å². The lowest BCUT2D eigenvalue weighted by Crippen LogP contribution is -2.40. The van der Waals surface area contributed by atoms with Crippen molar-refractivity contribution in [2.45, 2.75) is 65.3 Å². The van der Waals surface area contributed by atoms with Crippen molar-refractivity contribution in [1.29, 1.82) is 0 Å². The third-order valence-electron chi connectivity index (χ3n) is 7.46. The van der Waals surface area contributed by atoms with Crippen LogP contribution in [0.15, 0.2) is 54.6 Å². The first-order valence-corrected chi connectivity index (χ1v) is 13.4. The number of nitrogens with zero attached hydrogens (tertiary/aromatic N) is 4. The molecule has 4 aromatic rings. The number of hydrogen-bond donors (Lipinski definition) is 0. The minimum absolute atomic E-state index is 0.0152. The minimum atomic E-state index is -0.530. The van der Waals surface area contributed by atoms with Crippen molar-refractivity contribution >= 4 is 17.0 Å². The van der Waals surface area contributed by atoms with Gasteiger partial charge in [-0.05, 0) is 62.1 Å². The summed E-state index contributed by atoms with van der Waals surface area (Å²) in [7, 11) is 1.35. The van der Waals surface area contributed by atoms with E-state index >= 15 is 4.39 Å². The van der Waals surface area contributed by atoms with Gasteiger partial charge < -0.3 is 9.47 Å². The van der Waals surface area contributed by atoms with Crippen LogP contribution in [-0.2, 0) is 29.2 Å². The number of rotatable bonds is 7. The van der Waals surface area contributed by atoms with Crippen molar-refractivity contribution < 1.29 is 18.7 Å². The molecule has 0 saturated carbocycles. The van der Waals surface area contributed by atoms with Gasteiger partial charge in [-0.25, -0.2) is 9.07 Å². The van der Waals surface area contributed by atoms with Crippen LogP contribution in [-0.4, -0.2) is 45.1 Å². The number of esters is 1. The summed E-state index contributed by atoms with van der Waals surface area (Å²) in [4.78, 5) is 14.9. The maximum Gasteiger partial charge on any atom is 0.306 e. The quantitative estimate of drug-likeness (QED) is 0.283. The molecule has 5 rings (SSSR count). The van der Waals surface area contributed by atoms with Gasteiger partial charge in [-0.2, -0.15) is 0 Å². The molecule has 0 aliphatic carbocycles. The number of aromatic nitrogens is 3. The van der Waals surface area contributed by atoms with E-state index in [2.05, 4.69) is 48.1 Å². The Morgan fingerprint density at radius 1 is 1.18 bits per heavy atom. The van der Waals surface area contributed by atoms with Gasteiger partial charge in [0.2, 0.25) is 0 Å². The molecule has 1 aromatic heterocycles. The molecular weight excluding hydrogens is 495 g/mol. The second kappa shape index (κ2) is 10.8. The molecule has 204 valence electrons. The van der Waals surface area contributed by atoms with Gasteiger partial charge in [-0.15, -0.1) is 5.10 Å². The van der Waals surface area contributed by atoms with Gasteiger partial charge in [-0.3, -0.25) is 9.69 Å². The average molecular weight is 531 g/mol. The SMILES string of the molecule is CCn1nnc2c(F)c([C@H](CC(=O)OC)c3ccc(C)c(CN4Cc5ccccc5OC(C)(C)C4)c3)ccc21. The lowest BCUT2D eigenvalue weighted by molar-refractivity contribution is -0.140. The number of benzene rings is 3. The number of ether oxygens (including phenoxy) is 2. The number of aryl methyl sites for hydroxylation is 2. The van der Waals surface area contributed by atoms with E-state index in [1.807, 2.05) is 43.3 Å². The number of carbonyl (C=O) groups excluding carboxylic acids is 1. The largest absolute Gasteiger partial charge is 0.486 e. The molecule has 3 aromatic carbocycles. The van der Waals surface area contributed by atoms with Crippen LogP contribution in [0.1, 0.15) is 60.9 Å². The highest BCUT2D eigenvalue weighted by Gasteiger charge is 2.30. The number of hydrogen-bond acceptors (Lipinski definition) is 6. The van der Waals surface area contributed by atoms with E-state index in [9.17, 15) is 4.79 Å². The molecule has 1 aliphatic rings. The van der Waals surface area contributed by atoms with Crippen LogP contribution in [0.5, 0.6) is 5.75 Å². The van der Waals surface area contributed by atoms with E-state index in [0.29, 0.717) is 24.2 Å². The Hall–Kier alpha value is -3.78. The summed E-state index contributed by atoms with van der Waals surface area (Å²) in [6.07, 6.45) is 0.0152. The Kier molecular flexibility index (Phi) is 7.40. The van der Waals surface area contributed by atoms with Crippen molar-refractivity contribution in [3.63, 3.8) is 0 Å². The third-order valence-corrected chi connectivity index (χ3v) is 7.46. The Morgan fingerprint density at radius 2 is 1.97 bits per heavy atom. The first-order valence-electron chi connectivity index (χ1n) is 13.4. The molecular formula is C31H35FN4O3. The third kappa shape index (κ3) is 5.52. The van der Waals surface area contributed by atoms with E-state index in [-0.39, 0.29) is 17.5 Å². The predicted octanol–water partition coefficient (Wildman–Crippen LogP) is 5.77. The maximum absolute atomic E-state index is 15.8. The Labute approximate surface area is 228 Å². The fourth-order valence-corrected chi connectivity index (χ4v) is 5.51. The summed E-state index contributed by atoms with van der Waals surface area (Å²) in [5, 5.41) is 8.15. The number of fused-ring (bicyclic) bond motifs is 2. The maximum atomic E-state index is 15.8. The van der Waals surface area contributed by atoms with Crippen LogP contribution in [0.4, 0.5) is 4.39 Å². The van der Waals surface area contributed by atoms with Crippen molar-refractivity contribution in [2.24, 2.45) is 0 Å². The van der Waals surface area contributed by atoms with Crippen LogP contribution in [0.3, 0.4) is 0 Å². The van der Waals surface area contributed by atoms with E-state index in [1.165, 1.54) is 7.11 Å². The summed E-state index contributed by atoms with van der Waals surface area (Å²) in [6, 6.07) is 17.8. The monoisotopic (exact) mass is 530 g/mol. The molecule has 0 amide bonds. The van der Waals surface area contributed by atoms with Gasteiger partial charge in [0.05, 0.1) is 19.0 Å². The Morgan fingerprint density at radius 3 is 2.74 bits per heavy atom. The van der Waals surface area contributed by atoms with E-state index in [1.54, 1.807) is 10.7 Å². The summed E-state index contributed by atoms with van der Waals surface area (Å²) < 4.78 is 28.8. The zero-order chi connectivity index (χ0) is 27.7. The van der Waals surface area contributed by atoms with Gasteiger partial charge in [0.1, 0.15) is 16.9 Å². The molecule has 0 N–H and O–H groups in total. The molecule has 0 spiro atoms. The van der Waals surface area contributed by atoms with E-state index < -0.39 is 17.7 Å². The number of halogens is 1. The highest BCUT2D eigenvalue weighted by Crippen LogP contribution is 2.35. The fourth-order valence-electron chi connectivity index (χ4n) is 5.51. The van der Waals surface area contributed by atoms with E-state index in [4.69, 9.17) is 9.47 Å². The summed E-state index contributed by atoms with van der Waals surface area (Å²) in [5.74, 6) is -0.467. The van der Waals surface area contributed by atoms with Gasteiger partial charge in [0, 0.05) is 37.7 Å². The summed E-state index contributed by atoms with van der Waals surface area (Å²) in [5.41, 5.74) is 5.14. The van der Waals surface area contributed by atoms with Crippen LogP contribution < -0.4 is 4.74 Å². The molecule has 0 unspecified atom stereocenters. The first kappa shape index (κ1) is 26.8. The molecule has 1 aliphatic heterocycles. The highest BCUT2D eigenvalue weighted by molar-refractivity contribution is 5.77. The topological polar surface area (TPSA) is 69.5 Å². The van der Waals surface area contributed by atoms with Crippen LogP contribution >= 0.6 is 0 Å². The summed E-state index contributed by atoms with van der Waals surface area (Å²) in [6.45, 7) is 11.0. The number of para-hydroxylation sites is 1. The molecule has 0 saturated heterocycles. The van der Waals surface area contributed by atoms with Crippen LogP contribution in [0.2, 0.25) is 0 Å². The molecule has 0 bridgehead atoms. The van der Waals surface area contributed by atoms with Crippen molar-refractivity contribution in [2.75, 3.05) is 13.7 Å². The molecule has 8 heteroatoms. The zero-order valence-electron chi connectivity index (χ0n) is 23.2. The first-order chi connectivity index (χ1) is 18.7. The lowest BCUT2D eigenvalue weighted by atomic mass is 9.86. The van der Waals surface area contributed by atoms with Gasteiger partial charge in [-0.1, -0.05) is 47.7 Å². The zero-order valence-corrected chi connectivity index (χ0v) is 23.2. The number of carbonyl (C=O) groups is 1. The minimum Gasteiger partial charge on any atom is -0.486 e. The van der Waals surface area contributed by atoms with Gasteiger partial charge in [0.15, 0.2) is 5.82 Å². The van der Waals surface area contributed by atoms with Crippen molar-refractivity contribution in [1.82, 2.24) is 19.9 Å². The standard InChI is InChI=1S/C31H35FN4O3/c1-6-36-26-14-13-24(29(32)30(26)33-34-36)25(16-28(37)38-5)21-12-11-20(2)23(15-21)18-35-17-22-9-7-8-10-27(22)39-31(3,4)19-35/h7-15,25H,6,16-19H2,1-5H3/t25-/m1/s1. The Balaban J connectivity index is 1.52. The molecule has 7 nitrogen and oxygen atoms in total. The highest BCUT2D eigenvalue weighted by atomic mass is 19.1. The van der Waals surface area contributed by atoms with Crippen LogP contribution in [0, 0.1) is 12.7 Å². The fraction of sp³-hybridized carbons (Fsp3) is 0.387. The number of methoxy groups -OCH3 is 1. The average Bonchev–Trinajstić information content (AvgIpc) is 3.28. The molecule has 2 heterocycles. The van der Waals surface area contributed by atoms with Crippen molar-refractivity contribution in [3.05, 3.63) is 88.2 Å². The van der Waals surface area contributed by atoms with Gasteiger partial charge >= 0.3 is 5.97 Å². The summed E-state index contributed by atoms with van der Waals surface area (Å²) >= 11 is 0. The lowest BCUT2D eigenvalue weighted by Gasteiger charge is -2.30. The normalized spacial score (nSPS) is 15.8. The Bertz CT molecular complexity index is 1510. The second-order valence-corrected chi connectivity index (χ2v) is 10.9. The van der Waals surface area contributed by atoms with Crippen LogP contribution in [0.25, 0.3) is 11.0 Å². The molecule has 1 atom stereocenters. The molecule has 0 fully saturated rings.